The summed E-state index contributed by atoms with van der Waals surface area (Å²) in [6.45, 7) is 2.63. The molecule has 1 aliphatic carbocycles. The van der Waals surface area contributed by atoms with Gasteiger partial charge in [-0.05, 0) is 49.6 Å². The summed E-state index contributed by atoms with van der Waals surface area (Å²) in [5, 5.41) is 21.3. The van der Waals surface area contributed by atoms with Crippen molar-refractivity contribution in [3.8, 4) is 28.7 Å². The van der Waals surface area contributed by atoms with Crippen LogP contribution in [0.1, 0.15) is 36.7 Å². The molecular formula is C24H22N8. The number of pyridine rings is 1. The van der Waals surface area contributed by atoms with Crippen molar-refractivity contribution in [2.24, 2.45) is 0 Å². The summed E-state index contributed by atoms with van der Waals surface area (Å²) in [5.41, 5.74) is 5.53. The van der Waals surface area contributed by atoms with Gasteiger partial charge in [-0.3, -0.25) is 4.98 Å². The Balaban J connectivity index is 1.47. The van der Waals surface area contributed by atoms with Gasteiger partial charge in [0.2, 0.25) is 5.95 Å². The van der Waals surface area contributed by atoms with E-state index in [9.17, 15) is 5.26 Å². The summed E-state index contributed by atoms with van der Waals surface area (Å²) in [4.78, 5) is 14.0. The number of aromatic nitrogens is 6. The molecule has 5 rings (SSSR count). The molecule has 0 radical (unpaired) electrons. The number of anilines is 1. The molecule has 4 aromatic rings. The Morgan fingerprint density at radius 3 is 2.62 bits per heavy atom. The van der Waals surface area contributed by atoms with Gasteiger partial charge in [0, 0.05) is 17.3 Å². The molecule has 1 aliphatic rings. The maximum absolute atomic E-state index is 9.26. The van der Waals surface area contributed by atoms with Gasteiger partial charge in [-0.25, -0.2) is 14.6 Å². The van der Waals surface area contributed by atoms with Crippen molar-refractivity contribution in [3.05, 3.63) is 71.7 Å². The van der Waals surface area contributed by atoms with Crippen molar-refractivity contribution in [1.29, 1.82) is 5.26 Å². The SMILES string of the molecule is CCc1cccc(Cn2cc(-c3cc(-c4cccc(C#N)c4)nc(NC4CC4)n3)nn2)n1. The second kappa shape index (κ2) is 8.55. The van der Waals surface area contributed by atoms with Gasteiger partial charge in [-0.2, -0.15) is 5.26 Å². The van der Waals surface area contributed by atoms with E-state index in [2.05, 4.69) is 43.6 Å². The summed E-state index contributed by atoms with van der Waals surface area (Å²) in [7, 11) is 0. The number of hydrogen-bond acceptors (Lipinski definition) is 7. The fourth-order valence-corrected chi connectivity index (χ4v) is 3.42. The van der Waals surface area contributed by atoms with Crippen LogP contribution in [0.3, 0.4) is 0 Å². The van der Waals surface area contributed by atoms with Crippen LogP contribution in [0.15, 0.2) is 54.7 Å². The fourth-order valence-electron chi connectivity index (χ4n) is 3.42. The van der Waals surface area contributed by atoms with Crippen molar-refractivity contribution < 1.29 is 0 Å². The van der Waals surface area contributed by atoms with Crippen molar-refractivity contribution in [2.45, 2.75) is 38.8 Å². The molecule has 158 valence electrons. The number of nitrogens with zero attached hydrogens (tertiary/aromatic N) is 7. The molecule has 32 heavy (non-hydrogen) atoms. The Bertz CT molecular complexity index is 1300. The van der Waals surface area contributed by atoms with Crippen LogP contribution in [0.25, 0.3) is 22.6 Å². The van der Waals surface area contributed by atoms with Gasteiger partial charge in [-0.15, -0.1) is 5.10 Å². The second-order valence-electron chi connectivity index (χ2n) is 7.85. The van der Waals surface area contributed by atoms with Gasteiger partial charge in [0.25, 0.3) is 0 Å². The van der Waals surface area contributed by atoms with Crippen LogP contribution in [-0.2, 0) is 13.0 Å². The van der Waals surface area contributed by atoms with E-state index in [1.165, 1.54) is 0 Å². The zero-order chi connectivity index (χ0) is 21.9. The molecule has 1 fully saturated rings. The van der Waals surface area contributed by atoms with E-state index < -0.39 is 0 Å². The molecule has 0 amide bonds. The minimum atomic E-state index is 0.413. The first kappa shape index (κ1) is 19.8. The summed E-state index contributed by atoms with van der Waals surface area (Å²) >= 11 is 0. The van der Waals surface area contributed by atoms with Gasteiger partial charge < -0.3 is 5.32 Å². The van der Waals surface area contributed by atoms with Crippen LogP contribution in [-0.4, -0.2) is 36.0 Å². The van der Waals surface area contributed by atoms with E-state index >= 15 is 0 Å². The average molecular weight is 422 g/mol. The molecule has 1 saturated carbocycles. The predicted molar refractivity (Wildman–Crippen MR) is 121 cm³/mol. The van der Waals surface area contributed by atoms with Crippen LogP contribution >= 0.6 is 0 Å². The van der Waals surface area contributed by atoms with Gasteiger partial charge >= 0.3 is 0 Å². The Hall–Kier alpha value is -4.12. The highest BCUT2D eigenvalue weighted by atomic mass is 15.4. The van der Waals surface area contributed by atoms with E-state index in [-0.39, 0.29) is 0 Å². The molecule has 8 heteroatoms. The van der Waals surface area contributed by atoms with E-state index in [4.69, 9.17) is 0 Å². The third kappa shape index (κ3) is 4.47. The molecule has 0 atom stereocenters. The molecular weight excluding hydrogens is 400 g/mol. The van der Waals surface area contributed by atoms with Gasteiger partial charge in [0.1, 0.15) is 5.69 Å². The molecule has 1 N–H and O–H groups in total. The van der Waals surface area contributed by atoms with Gasteiger partial charge in [0.15, 0.2) is 0 Å². The first-order chi connectivity index (χ1) is 15.7. The molecule has 3 aromatic heterocycles. The summed E-state index contributed by atoms with van der Waals surface area (Å²) in [6, 6.07) is 17.9. The smallest absolute Gasteiger partial charge is 0.224 e. The monoisotopic (exact) mass is 422 g/mol. The number of hydrogen-bond donors (Lipinski definition) is 1. The second-order valence-corrected chi connectivity index (χ2v) is 7.85. The molecule has 0 spiro atoms. The molecule has 0 aliphatic heterocycles. The standard InChI is InChI=1S/C24H22N8/c1-2-18-7-4-8-20(26-18)14-32-15-23(30-31-32)22-12-21(17-6-3-5-16(11-17)13-25)28-24(29-22)27-19-9-10-19/h3-8,11-12,15,19H,2,9-10,14H2,1H3,(H,27,28,29). The lowest BCUT2D eigenvalue weighted by atomic mass is 10.1. The normalized spacial score (nSPS) is 13.0. The van der Waals surface area contributed by atoms with Crippen LogP contribution in [0.5, 0.6) is 0 Å². The number of nitrogens with one attached hydrogen (secondary N) is 1. The van der Waals surface area contributed by atoms with Gasteiger partial charge in [-0.1, -0.05) is 30.3 Å². The Morgan fingerprint density at radius 1 is 1.00 bits per heavy atom. The van der Waals surface area contributed by atoms with Crippen molar-refractivity contribution in [3.63, 3.8) is 0 Å². The first-order valence-electron chi connectivity index (χ1n) is 10.7. The minimum Gasteiger partial charge on any atom is -0.351 e. The van der Waals surface area contributed by atoms with Crippen LogP contribution in [0.4, 0.5) is 5.95 Å². The molecule has 1 aromatic carbocycles. The Morgan fingerprint density at radius 2 is 1.81 bits per heavy atom. The maximum atomic E-state index is 9.26. The van der Waals surface area contributed by atoms with Crippen molar-refractivity contribution >= 4 is 5.95 Å². The van der Waals surface area contributed by atoms with Crippen molar-refractivity contribution in [1.82, 2.24) is 29.9 Å². The summed E-state index contributed by atoms with van der Waals surface area (Å²) < 4.78 is 1.77. The van der Waals surface area contributed by atoms with Gasteiger partial charge in [0.05, 0.1) is 41.5 Å². The average Bonchev–Trinajstić information content (AvgIpc) is 3.53. The van der Waals surface area contributed by atoms with Crippen LogP contribution < -0.4 is 5.32 Å². The van der Waals surface area contributed by atoms with E-state index in [1.807, 2.05) is 48.7 Å². The molecule has 0 unspecified atom stereocenters. The highest BCUT2D eigenvalue weighted by Gasteiger charge is 2.23. The molecule has 0 bridgehead atoms. The largest absolute Gasteiger partial charge is 0.351 e. The molecule has 0 saturated heterocycles. The maximum Gasteiger partial charge on any atom is 0.224 e. The lowest BCUT2D eigenvalue weighted by molar-refractivity contribution is 0.636. The quantitative estimate of drug-likeness (QED) is 0.482. The van der Waals surface area contributed by atoms with Crippen molar-refractivity contribution in [2.75, 3.05) is 5.32 Å². The van der Waals surface area contributed by atoms with Crippen LogP contribution in [0.2, 0.25) is 0 Å². The molecule has 3 heterocycles. The lowest BCUT2D eigenvalue weighted by Gasteiger charge is -2.08. The zero-order valence-corrected chi connectivity index (χ0v) is 17.7. The Labute approximate surface area is 186 Å². The number of nitriles is 1. The number of rotatable bonds is 7. The first-order valence-corrected chi connectivity index (χ1v) is 10.7. The van der Waals surface area contributed by atoms with Crippen LogP contribution in [0, 0.1) is 11.3 Å². The third-order valence-corrected chi connectivity index (χ3v) is 5.28. The number of aryl methyl sites for hydroxylation is 1. The predicted octanol–water partition coefficient (Wildman–Crippen LogP) is 3.85. The van der Waals surface area contributed by atoms with E-state index in [0.717, 1.165) is 41.9 Å². The highest BCUT2D eigenvalue weighted by molar-refractivity contribution is 5.68. The minimum absolute atomic E-state index is 0.413. The summed E-state index contributed by atoms with van der Waals surface area (Å²) in [6.07, 6.45) is 5.00. The topological polar surface area (TPSA) is 105 Å². The lowest BCUT2D eigenvalue weighted by Crippen LogP contribution is -2.07. The molecule has 8 nitrogen and oxygen atoms in total. The summed E-state index contributed by atoms with van der Waals surface area (Å²) in [5.74, 6) is 0.564. The number of benzene rings is 1. The van der Waals surface area contributed by atoms with E-state index in [0.29, 0.717) is 35.5 Å². The zero-order valence-electron chi connectivity index (χ0n) is 17.7. The fraction of sp³-hybridized carbons (Fsp3) is 0.250. The third-order valence-electron chi connectivity index (χ3n) is 5.28. The highest BCUT2D eigenvalue weighted by Crippen LogP contribution is 2.28. The Kier molecular flexibility index (Phi) is 5.30. The van der Waals surface area contributed by atoms with E-state index in [1.54, 1.807) is 10.7 Å².